The standard InChI is InChI=1S/C18H26N2O/c1-13(19)17-11-4-5-12-20(17)18(21)16-10-6-8-14-7-2-3-9-15(14)16/h2-3,7,9,13,16-17H,4-6,8,10-12,19H2,1H3. The third-order valence-corrected chi connectivity index (χ3v) is 5.11. The van der Waals surface area contributed by atoms with Gasteiger partial charge < -0.3 is 10.6 Å². The number of benzene rings is 1. The lowest BCUT2D eigenvalue weighted by Gasteiger charge is -2.40. The fourth-order valence-corrected chi connectivity index (χ4v) is 3.99. The van der Waals surface area contributed by atoms with Crippen molar-refractivity contribution in [1.29, 1.82) is 0 Å². The van der Waals surface area contributed by atoms with Crippen LogP contribution in [0.4, 0.5) is 0 Å². The Morgan fingerprint density at radius 1 is 1.24 bits per heavy atom. The van der Waals surface area contributed by atoms with E-state index in [0.717, 1.165) is 38.6 Å². The number of nitrogens with two attached hydrogens (primary N) is 1. The van der Waals surface area contributed by atoms with Crippen LogP contribution in [0.15, 0.2) is 24.3 Å². The predicted molar refractivity (Wildman–Crippen MR) is 85.1 cm³/mol. The molecule has 1 saturated heterocycles. The number of rotatable bonds is 2. The first kappa shape index (κ1) is 14.6. The zero-order valence-corrected chi connectivity index (χ0v) is 12.9. The van der Waals surface area contributed by atoms with Crippen LogP contribution in [-0.2, 0) is 11.2 Å². The Kier molecular flexibility index (Phi) is 4.29. The molecular weight excluding hydrogens is 260 g/mol. The summed E-state index contributed by atoms with van der Waals surface area (Å²) in [7, 11) is 0. The first-order valence-corrected chi connectivity index (χ1v) is 8.32. The number of piperidine rings is 1. The topological polar surface area (TPSA) is 46.3 Å². The Balaban J connectivity index is 1.85. The number of hydrogen-bond acceptors (Lipinski definition) is 2. The molecule has 1 aromatic carbocycles. The molecule has 1 heterocycles. The minimum atomic E-state index is 0.0503. The molecule has 0 radical (unpaired) electrons. The summed E-state index contributed by atoms with van der Waals surface area (Å²) in [6.07, 6.45) is 6.57. The zero-order chi connectivity index (χ0) is 14.8. The number of carbonyl (C=O) groups excluding carboxylic acids is 1. The summed E-state index contributed by atoms with van der Waals surface area (Å²) in [5.41, 5.74) is 8.74. The van der Waals surface area contributed by atoms with Crippen molar-refractivity contribution in [3.8, 4) is 0 Å². The minimum absolute atomic E-state index is 0.0503. The summed E-state index contributed by atoms with van der Waals surface area (Å²) in [5.74, 6) is 0.360. The van der Waals surface area contributed by atoms with Gasteiger partial charge in [0.2, 0.25) is 5.91 Å². The summed E-state index contributed by atoms with van der Waals surface area (Å²) >= 11 is 0. The van der Waals surface area contributed by atoms with E-state index in [1.807, 2.05) is 6.92 Å². The molecule has 3 unspecified atom stereocenters. The Hall–Kier alpha value is -1.35. The predicted octanol–water partition coefficient (Wildman–Crippen LogP) is 2.83. The van der Waals surface area contributed by atoms with Crippen LogP contribution in [0.3, 0.4) is 0 Å². The molecule has 1 fully saturated rings. The van der Waals surface area contributed by atoms with Crippen LogP contribution in [0.2, 0.25) is 0 Å². The van der Waals surface area contributed by atoms with Gasteiger partial charge in [-0.2, -0.15) is 0 Å². The van der Waals surface area contributed by atoms with Gasteiger partial charge >= 0.3 is 0 Å². The second-order valence-corrected chi connectivity index (χ2v) is 6.60. The van der Waals surface area contributed by atoms with Gasteiger partial charge in [0.1, 0.15) is 0 Å². The van der Waals surface area contributed by atoms with E-state index >= 15 is 0 Å². The smallest absolute Gasteiger partial charge is 0.230 e. The van der Waals surface area contributed by atoms with E-state index in [2.05, 4.69) is 29.2 Å². The van der Waals surface area contributed by atoms with E-state index in [4.69, 9.17) is 5.73 Å². The third kappa shape index (κ3) is 2.84. The highest BCUT2D eigenvalue weighted by molar-refractivity contribution is 5.85. The number of amides is 1. The van der Waals surface area contributed by atoms with Gasteiger partial charge in [-0.1, -0.05) is 24.3 Å². The van der Waals surface area contributed by atoms with Gasteiger partial charge in [0.15, 0.2) is 0 Å². The normalized spacial score (nSPS) is 27.0. The summed E-state index contributed by atoms with van der Waals surface area (Å²) in [5, 5.41) is 0. The second kappa shape index (κ2) is 6.18. The highest BCUT2D eigenvalue weighted by atomic mass is 16.2. The molecule has 0 spiro atoms. The van der Waals surface area contributed by atoms with Gasteiger partial charge in [-0.15, -0.1) is 0 Å². The van der Waals surface area contributed by atoms with Crippen molar-refractivity contribution >= 4 is 5.91 Å². The Labute approximate surface area is 127 Å². The van der Waals surface area contributed by atoms with Crippen LogP contribution in [0.5, 0.6) is 0 Å². The molecule has 3 heteroatoms. The van der Waals surface area contributed by atoms with Crippen molar-refractivity contribution in [3.05, 3.63) is 35.4 Å². The minimum Gasteiger partial charge on any atom is -0.338 e. The molecule has 3 atom stereocenters. The van der Waals surface area contributed by atoms with Gasteiger partial charge in [-0.3, -0.25) is 4.79 Å². The van der Waals surface area contributed by atoms with Crippen molar-refractivity contribution in [1.82, 2.24) is 4.90 Å². The highest BCUT2D eigenvalue weighted by Crippen LogP contribution is 2.34. The molecule has 21 heavy (non-hydrogen) atoms. The van der Waals surface area contributed by atoms with Crippen LogP contribution in [0.1, 0.15) is 56.1 Å². The van der Waals surface area contributed by atoms with Crippen LogP contribution < -0.4 is 5.73 Å². The van der Waals surface area contributed by atoms with Gasteiger partial charge in [0, 0.05) is 18.6 Å². The maximum Gasteiger partial charge on any atom is 0.230 e. The monoisotopic (exact) mass is 286 g/mol. The van der Waals surface area contributed by atoms with Gasteiger partial charge in [0.05, 0.1) is 5.92 Å². The molecule has 1 aliphatic carbocycles. The first-order valence-electron chi connectivity index (χ1n) is 8.32. The van der Waals surface area contributed by atoms with E-state index in [0.29, 0.717) is 5.91 Å². The molecule has 1 aliphatic heterocycles. The Morgan fingerprint density at radius 2 is 2.05 bits per heavy atom. The van der Waals surface area contributed by atoms with Crippen molar-refractivity contribution < 1.29 is 4.79 Å². The van der Waals surface area contributed by atoms with Gasteiger partial charge in [-0.05, 0) is 56.6 Å². The van der Waals surface area contributed by atoms with Crippen molar-refractivity contribution in [2.45, 2.75) is 63.5 Å². The number of aryl methyl sites for hydroxylation is 1. The van der Waals surface area contributed by atoms with Crippen molar-refractivity contribution in [3.63, 3.8) is 0 Å². The van der Waals surface area contributed by atoms with Crippen LogP contribution in [0, 0.1) is 0 Å². The molecule has 1 aromatic rings. The SMILES string of the molecule is CC(N)C1CCCCN1C(=O)C1CCCc2ccccc21. The maximum absolute atomic E-state index is 13.1. The average molecular weight is 286 g/mol. The number of fused-ring (bicyclic) bond motifs is 1. The molecule has 0 saturated carbocycles. The fourth-order valence-electron chi connectivity index (χ4n) is 3.99. The number of nitrogens with zero attached hydrogens (tertiary/aromatic N) is 1. The summed E-state index contributed by atoms with van der Waals surface area (Å²) in [6, 6.07) is 8.74. The number of hydrogen-bond donors (Lipinski definition) is 1. The van der Waals surface area contributed by atoms with Gasteiger partial charge in [0.25, 0.3) is 0 Å². The molecule has 2 aliphatic rings. The van der Waals surface area contributed by atoms with E-state index in [1.54, 1.807) is 0 Å². The van der Waals surface area contributed by atoms with E-state index < -0.39 is 0 Å². The van der Waals surface area contributed by atoms with Crippen molar-refractivity contribution in [2.75, 3.05) is 6.54 Å². The van der Waals surface area contributed by atoms with E-state index in [1.165, 1.54) is 17.5 Å². The lowest BCUT2D eigenvalue weighted by Crippen LogP contribution is -2.53. The Morgan fingerprint density at radius 3 is 2.86 bits per heavy atom. The lowest BCUT2D eigenvalue weighted by atomic mass is 9.81. The van der Waals surface area contributed by atoms with Gasteiger partial charge in [-0.25, -0.2) is 0 Å². The molecule has 114 valence electrons. The fraction of sp³-hybridized carbons (Fsp3) is 0.611. The quantitative estimate of drug-likeness (QED) is 0.908. The molecule has 1 amide bonds. The summed E-state index contributed by atoms with van der Waals surface area (Å²) < 4.78 is 0. The lowest BCUT2D eigenvalue weighted by molar-refractivity contribution is -0.137. The maximum atomic E-state index is 13.1. The average Bonchev–Trinajstić information content (AvgIpc) is 2.53. The number of carbonyl (C=O) groups is 1. The summed E-state index contributed by atoms with van der Waals surface area (Å²) in [4.78, 5) is 15.2. The second-order valence-electron chi connectivity index (χ2n) is 6.60. The highest BCUT2D eigenvalue weighted by Gasteiger charge is 2.35. The molecule has 3 rings (SSSR count). The largest absolute Gasteiger partial charge is 0.338 e. The molecular formula is C18H26N2O. The van der Waals surface area contributed by atoms with Crippen LogP contribution >= 0.6 is 0 Å². The molecule has 3 nitrogen and oxygen atoms in total. The summed E-state index contributed by atoms with van der Waals surface area (Å²) in [6.45, 7) is 2.91. The van der Waals surface area contributed by atoms with Crippen LogP contribution in [-0.4, -0.2) is 29.4 Å². The molecule has 0 aromatic heterocycles. The zero-order valence-electron chi connectivity index (χ0n) is 12.9. The van der Waals surface area contributed by atoms with E-state index in [-0.39, 0.29) is 18.0 Å². The molecule has 0 bridgehead atoms. The third-order valence-electron chi connectivity index (χ3n) is 5.11. The van der Waals surface area contributed by atoms with Crippen LogP contribution in [0.25, 0.3) is 0 Å². The molecule has 2 N–H and O–H groups in total. The van der Waals surface area contributed by atoms with Crippen molar-refractivity contribution in [2.24, 2.45) is 5.73 Å². The first-order chi connectivity index (χ1) is 10.2. The van der Waals surface area contributed by atoms with E-state index in [9.17, 15) is 4.79 Å². The number of likely N-dealkylation sites (tertiary alicyclic amines) is 1. The Bertz CT molecular complexity index is 512.